The maximum atomic E-state index is 3.92. The molecule has 0 aromatic heterocycles. The molecule has 0 spiro atoms. The number of benzene rings is 1. The first kappa shape index (κ1) is 10.1. The summed E-state index contributed by atoms with van der Waals surface area (Å²) in [5, 5.41) is 4.10. The SMILES string of the molecule is C=CS(C=C)(CC)c1ccccc1. The van der Waals surface area contributed by atoms with E-state index in [0.29, 0.717) is 0 Å². The molecule has 13 heavy (non-hydrogen) atoms. The Balaban J connectivity index is 3.15. The maximum absolute atomic E-state index is 3.92. The first-order valence-corrected chi connectivity index (χ1v) is 6.33. The van der Waals surface area contributed by atoms with Crippen LogP contribution in [0.5, 0.6) is 0 Å². The van der Waals surface area contributed by atoms with Gasteiger partial charge in [-0.1, -0.05) is 38.3 Å². The summed E-state index contributed by atoms with van der Waals surface area (Å²) in [6.07, 6.45) is 0. The molecule has 0 bridgehead atoms. The predicted octanol–water partition coefficient (Wildman–Crippen LogP) is 4.16. The molecule has 1 aromatic carbocycles. The molecule has 0 aliphatic heterocycles. The molecule has 0 nitrogen and oxygen atoms in total. The average molecular weight is 192 g/mol. The normalized spacial score (nSPS) is 12.1. The Morgan fingerprint density at radius 1 is 1.15 bits per heavy atom. The third kappa shape index (κ3) is 1.86. The minimum atomic E-state index is -0.961. The zero-order valence-electron chi connectivity index (χ0n) is 8.07. The summed E-state index contributed by atoms with van der Waals surface area (Å²) < 4.78 is 0. The Bertz CT molecular complexity index is 279. The van der Waals surface area contributed by atoms with Gasteiger partial charge in [-0.05, 0) is 33.6 Å². The van der Waals surface area contributed by atoms with E-state index in [0.717, 1.165) is 5.75 Å². The van der Waals surface area contributed by atoms with Crippen LogP contribution in [0.4, 0.5) is 0 Å². The Kier molecular flexibility index (Phi) is 3.38. The fourth-order valence-corrected chi connectivity index (χ4v) is 3.33. The van der Waals surface area contributed by atoms with Crippen molar-refractivity contribution in [3.05, 3.63) is 54.3 Å². The summed E-state index contributed by atoms with van der Waals surface area (Å²) >= 11 is 0. The van der Waals surface area contributed by atoms with Gasteiger partial charge in [0.1, 0.15) is 0 Å². The molecule has 1 heteroatoms. The molecule has 0 amide bonds. The molecular weight excluding hydrogens is 176 g/mol. The molecule has 1 rings (SSSR count). The van der Waals surface area contributed by atoms with Gasteiger partial charge in [0, 0.05) is 0 Å². The molecular formula is C12H16S. The van der Waals surface area contributed by atoms with Crippen molar-refractivity contribution in [1.29, 1.82) is 0 Å². The van der Waals surface area contributed by atoms with E-state index < -0.39 is 10.0 Å². The van der Waals surface area contributed by atoms with Crippen molar-refractivity contribution in [3.63, 3.8) is 0 Å². The lowest BCUT2D eigenvalue weighted by Gasteiger charge is -2.32. The van der Waals surface area contributed by atoms with Crippen LogP contribution in [-0.4, -0.2) is 5.75 Å². The Morgan fingerprint density at radius 2 is 1.69 bits per heavy atom. The first-order valence-electron chi connectivity index (χ1n) is 4.40. The second-order valence-corrected chi connectivity index (χ2v) is 6.20. The quantitative estimate of drug-likeness (QED) is 0.672. The summed E-state index contributed by atoms with van der Waals surface area (Å²) in [4.78, 5) is 1.35. The lowest BCUT2D eigenvalue weighted by atomic mass is 10.4. The van der Waals surface area contributed by atoms with E-state index in [2.05, 4.69) is 55.2 Å². The highest BCUT2D eigenvalue weighted by Crippen LogP contribution is 2.57. The van der Waals surface area contributed by atoms with Gasteiger partial charge in [-0.15, -0.1) is 0 Å². The topological polar surface area (TPSA) is 0 Å². The third-order valence-corrected chi connectivity index (χ3v) is 5.55. The molecule has 0 N–H and O–H groups in total. The van der Waals surface area contributed by atoms with Crippen LogP contribution < -0.4 is 0 Å². The first-order chi connectivity index (χ1) is 6.29. The van der Waals surface area contributed by atoms with Crippen LogP contribution >= 0.6 is 10.0 Å². The van der Waals surface area contributed by atoms with Crippen LogP contribution in [0.1, 0.15) is 6.92 Å². The molecule has 0 fully saturated rings. The van der Waals surface area contributed by atoms with Gasteiger partial charge in [0.25, 0.3) is 0 Å². The molecule has 0 heterocycles. The van der Waals surface area contributed by atoms with Crippen LogP contribution in [0.2, 0.25) is 0 Å². The average Bonchev–Trinajstić information content (AvgIpc) is 2.23. The van der Waals surface area contributed by atoms with Crippen molar-refractivity contribution >= 4 is 10.0 Å². The molecule has 0 saturated carbocycles. The maximum Gasteiger partial charge on any atom is -0.00293 e. The molecule has 0 unspecified atom stereocenters. The molecule has 0 aliphatic rings. The van der Waals surface area contributed by atoms with E-state index >= 15 is 0 Å². The smallest absolute Gasteiger partial charge is 0.00293 e. The van der Waals surface area contributed by atoms with Crippen molar-refractivity contribution in [1.82, 2.24) is 0 Å². The summed E-state index contributed by atoms with van der Waals surface area (Å²) in [6, 6.07) is 10.5. The second-order valence-electron chi connectivity index (χ2n) is 2.78. The van der Waals surface area contributed by atoms with E-state index in [9.17, 15) is 0 Å². The molecule has 0 radical (unpaired) electrons. The van der Waals surface area contributed by atoms with Gasteiger partial charge in [-0.25, -0.2) is 0 Å². The monoisotopic (exact) mass is 192 g/mol. The van der Waals surface area contributed by atoms with Crippen molar-refractivity contribution < 1.29 is 0 Å². The number of rotatable bonds is 4. The van der Waals surface area contributed by atoms with E-state index in [-0.39, 0.29) is 0 Å². The molecule has 0 saturated heterocycles. The minimum absolute atomic E-state index is 0.961. The zero-order chi connectivity index (χ0) is 9.73. The van der Waals surface area contributed by atoms with Crippen LogP contribution in [0.25, 0.3) is 0 Å². The Hall–Kier alpha value is -0.950. The highest BCUT2D eigenvalue weighted by molar-refractivity contribution is 8.38. The van der Waals surface area contributed by atoms with E-state index in [1.54, 1.807) is 0 Å². The molecule has 0 aliphatic carbocycles. The van der Waals surface area contributed by atoms with Gasteiger partial charge in [-0.2, -0.15) is 10.0 Å². The van der Waals surface area contributed by atoms with Gasteiger partial charge in [0.15, 0.2) is 0 Å². The summed E-state index contributed by atoms with van der Waals surface area (Å²) in [6.45, 7) is 10.0. The van der Waals surface area contributed by atoms with Crippen molar-refractivity contribution in [3.8, 4) is 0 Å². The second kappa shape index (κ2) is 4.33. The zero-order valence-corrected chi connectivity index (χ0v) is 8.89. The highest BCUT2D eigenvalue weighted by Gasteiger charge is 2.15. The summed E-state index contributed by atoms with van der Waals surface area (Å²) in [5.74, 6) is 1.09. The van der Waals surface area contributed by atoms with Crippen molar-refractivity contribution in [2.45, 2.75) is 11.8 Å². The third-order valence-electron chi connectivity index (χ3n) is 2.25. The lowest BCUT2D eigenvalue weighted by Crippen LogP contribution is -1.95. The highest BCUT2D eigenvalue weighted by atomic mass is 32.3. The summed E-state index contributed by atoms with van der Waals surface area (Å²) in [7, 11) is -0.961. The van der Waals surface area contributed by atoms with Gasteiger partial charge in [-0.3, -0.25) is 0 Å². The van der Waals surface area contributed by atoms with Crippen LogP contribution in [-0.2, 0) is 0 Å². The fraction of sp³-hybridized carbons (Fsp3) is 0.167. The van der Waals surface area contributed by atoms with Crippen LogP contribution in [0.15, 0.2) is 59.2 Å². The van der Waals surface area contributed by atoms with Gasteiger partial charge < -0.3 is 0 Å². The summed E-state index contributed by atoms with van der Waals surface area (Å²) in [5.41, 5.74) is 0. The van der Waals surface area contributed by atoms with Gasteiger partial charge >= 0.3 is 0 Å². The van der Waals surface area contributed by atoms with E-state index in [1.807, 2.05) is 6.07 Å². The van der Waals surface area contributed by atoms with Crippen molar-refractivity contribution in [2.24, 2.45) is 0 Å². The van der Waals surface area contributed by atoms with Gasteiger partial charge in [0.2, 0.25) is 0 Å². The minimum Gasteiger partial charge on any atom is -0.175 e. The Labute approximate surface area is 82.3 Å². The fourth-order valence-electron chi connectivity index (χ4n) is 1.34. The predicted molar refractivity (Wildman–Crippen MR) is 63.2 cm³/mol. The van der Waals surface area contributed by atoms with Gasteiger partial charge in [0.05, 0.1) is 0 Å². The standard InChI is InChI=1S/C12H16S/c1-4-13(5-2,6-3)12-10-8-7-9-11-12/h4-5,7-11H,1-2,6H2,3H3. The molecule has 0 atom stereocenters. The van der Waals surface area contributed by atoms with Crippen molar-refractivity contribution in [2.75, 3.05) is 5.75 Å². The molecule has 70 valence electrons. The van der Waals surface area contributed by atoms with Crippen LogP contribution in [0, 0.1) is 0 Å². The number of hydrogen-bond donors (Lipinski definition) is 0. The molecule has 1 aromatic rings. The van der Waals surface area contributed by atoms with E-state index in [4.69, 9.17) is 0 Å². The van der Waals surface area contributed by atoms with E-state index in [1.165, 1.54) is 4.90 Å². The Morgan fingerprint density at radius 3 is 2.08 bits per heavy atom. The largest absolute Gasteiger partial charge is 0.175 e. The number of hydrogen-bond acceptors (Lipinski definition) is 0. The lowest BCUT2D eigenvalue weighted by molar-refractivity contribution is 1.40. The van der Waals surface area contributed by atoms with Crippen LogP contribution in [0.3, 0.4) is 0 Å².